The van der Waals surface area contributed by atoms with Crippen LogP contribution in [0.15, 0.2) is 158 Å². The Bertz CT molecular complexity index is 3290. The van der Waals surface area contributed by atoms with Gasteiger partial charge in [-0.25, -0.2) is 0 Å². The van der Waals surface area contributed by atoms with Crippen LogP contribution in [0.4, 0.5) is 0 Å². The van der Waals surface area contributed by atoms with Crippen molar-refractivity contribution in [1.29, 1.82) is 0 Å². The highest BCUT2D eigenvalue weighted by atomic mass is 16.3. The molecule has 8 aromatic carbocycles. The number of hydrogen-bond acceptors (Lipinski definition) is 12. The lowest BCUT2D eigenvalue weighted by molar-refractivity contribution is 0.234. The van der Waals surface area contributed by atoms with Gasteiger partial charge < -0.3 is 61.3 Å². The molecule has 0 atom stereocenters. The first kappa shape index (κ1) is 96.4. The molecular weight excluding hydrogens is 1360 g/mol. The molecule has 12 nitrogen and oxygen atoms in total. The molecule has 0 heterocycles. The van der Waals surface area contributed by atoms with Gasteiger partial charge in [0, 0.05) is 18.6 Å². The molecule has 109 heavy (non-hydrogen) atoms. The first-order valence-electron chi connectivity index (χ1n) is 40.3. The average Bonchev–Trinajstić information content (AvgIpc) is 0.849. The van der Waals surface area contributed by atoms with Crippen LogP contribution in [0.3, 0.4) is 0 Å². The Morgan fingerprint density at radius 1 is 0.220 bits per heavy atom. The van der Waals surface area contributed by atoms with Crippen molar-refractivity contribution in [3.8, 4) is 69.0 Å². The Labute approximate surface area is 658 Å². The Morgan fingerprint density at radius 3 is 0.624 bits per heavy atom. The second-order valence-electron chi connectivity index (χ2n) is 33.1. The normalized spacial score (nSPS) is 18.9. The lowest BCUT2D eigenvalue weighted by atomic mass is 9.78. The Kier molecular flexibility index (Phi) is 45.7. The summed E-state index contributed by atoms with van der Waals surface area (Å²) in [6.45, 7) is 43.6. The predicted octanol–water partition coefficient (Wildman–Crippen LogP) is 26.2. The minimum absolute atomic E-state index is 0.0602. The second-order valence-corrected chi connectivity index (χ2v) is 33.1. The van der Waals surface area contributed by atoms with E-state index in [0.717, 1.165) is 116 Å². The van der Waals surface area contributed by atoms with Gasteiger partial charge in [0.1, 0.15) is 46.0 Å². The van der Waals surface area contributed by atoms with Crippen LogP contribution >= 0.6 is 0 Å². The number of rotatable bonds is 6. The smallest absolute Gasteiger partial charge is 0.157 e. The van der Waals surface area contributed by atoms with Crippen LogP contribution in [-0.4, -0.2) is 61.3 Å². The van der Waals surface area contributed by atoms with Gasteiger partial charge in [0.2, 0.25) is 0 Å². The molecule has 12 N–H and O–H groups in total. The van der Waals surface area contributed by atoms with E-state index in [1.807, 2.05) is 90.1 Å². The fraction of sp³-hybridized carbons (Fsp3) is 0.505. The molecule has 12 heteroatoms. The van der Waals surface area contributed by atoms with E-state index in [9.17, 15) is 10.2 Å². The fourth-order valence-electron chi connectivity index (χ4n) is 13.3. The maximum absolute atomic E-state index is 9.77. The minimum Gasteiger partial charge on any atom is -0.508 e. The molecule has 0 aliphatic heterocycles. The van der Waals surface area contributed by atoms with Gasteiger partial charge in [-0.3, -0.25) is 0 Å². The van der Waals surface area contributed by atoms with Crippen LogP contribution in [0.2, 0.25) is 0 Å². The van der Waals surface area contributed by atoms with Crippen molar-refractivity contribution in [2.45, 2.75) is 248 Å². The summed E-state index contributed by atoms with van der Waals surface area (Å²) in [4.78, 5) is 0. The van der Waals surface area contributed by atoms with Gasteiger partial charge in [-0.2, -0.15) is 0 Å². The Hall–Kier alpha value is -8.64. The number of hydrogen-bond donors (Lipinski definition) is 12. The summed E-state index contributed by atoms with van der Waals surface area (Å²) in [5.41, 5.74) is 9.63. The summed E-state index contributed by atoms with van der Waals surface area (Å²) in [7, 11) is 0. The summed E-state index contributed by atoms with van der Waals surface area (Å²) in [5.74, 6) is 13.3. The molecule has 0 spiro atoms. The molecule has 12 rings (SSSR count). The van der Waals surface area contributed by atoms with Gasteiger partial charge in [0.15, 0.2) is 23.0 Å². The number of aromatic hydroxyl groups is 12. The minimum atomic E-state index is -0.0689. The maximum atomic E-state index is 9.77. The van der Waals surface area contributed by atoms with Crippen molar-refractivity contribution in [1.82, 2.24) is 0 Å². The topological polar surface area (TPSA) is 243 Å². The second kappa shape index (κ2) is 51.7. The van der Waals surface area contributed by atoms with Crippen LogP contribution in [0.5, 0.6) is 69.0 Å². The summed E-state index contributed by atoms with van der Waals surface area (Å²) in [6, 6.07) is 43.6. The fourth-order valence-corrected chi connectivity index (χ4v) is 13.3. The molecule has 8 aromatic rings. The van der Waals surface area contributed by atoms with Gasteiger partial charge >= 0.3 is 0 Å². The van der Waals surface area contributed by atoms with E-state index in [0.29, 0.717) is 17.9 Å². The molecule has 0 aromatic heterocycles. The monoisotopic (exact) mass is 1500 g/mol. The first-order valence-corrected chi connectivity index (χ1v) is 40.3. The van der Waals surface area contributed by atoms with Crippen LogP contribution in [0.25, 0.3) is 0 Å². The third kappa shape index (κ3) is 42.2. The van der Waals surface area contributed by atoms with E-state index in [1.165, 1.54) is 162 Å². The van der Waals surface area contributed by atoms with E-state index in [-0.39, 0.29) is 57.5 Å². The molecule has 4 aliphatic carbocycles. The number of benzene rings is 8. The molecular formula is C97H144O12. The van der Waals surface area contributed by atoms with E-state index in [1.54, 1.807) is 74.5 Å². The van der Waals surface area contributed by atoms with E-state index in [2.05, 4.69) is 83.1 Å². The largest absolute Gasteiger partial charge is 0.508 e. The van der Waals surface area contributed by atoms with Crippen LogP contribution in [0.1, 0.15) is 241 Å². The first-order chi connectivity index (χ1) is 51.2. The summed E-state index contributed by atoms with van der Waals surface area (Å²) in [5, 5.41) is 108. The van der Waals surface area contributed by atoms with Crippen LogP contribution < -0.4 is 0 Å². The van der Waals surface area contributed by atoms with E-state index < -0.39 is 0 Å². The average molecular weight is 1500 g/mol. The highest BCUT2D eigenvalue weighted by Crippen LogP contribution is 2.37. The lowest BCUT2D eigenvalue weighted by Crippen LogP contribution is -2.16. The van der Waals surface area contributed by atoms with Crippen molar-refractivity contribution in [3.63, 3.8) is 0 Å². The molecule has 0 radical (unpaired) electrons. The van der Waals surface area contributed by atoms with Crippen molar-refractivity contribution >= 4 is 0 Å². The number of aryl methyl sites for hydroxylation is 8. The molecule has 604 valence electrons. The zero-order valence-corrected chi connectivity index (χ0v) is 70.3. The summed E-state index contributed by atoms with van der Waals surface area (Å²) >= 11 is 0. The molecule has 0 unspecified atom stereocenters. The maximum Gasteiger partial charge on any atom is 0.157 e. The molecule has 0 amide bonds. The van der Waals surface area contributed by atoms with E-state index in [4.69, 9.17) is 51.1 Å². The van der Waals surface area contributed by atoms with Crippen molar-refractivity contribution in [2.75, 3.05) is 0 Å². The zero-order valence-electron chi connectivity index (χ0n) is 70.3. The van der Waals surface area contributed by atoms with Gasteiger partial charge in [0.05, 0.1) is 0 Å². The zero-order chi connectivity index (χ0) is 82.0. The van der Waals surface area contributed by atoms with Gasteiger partial charge in [-0.15, -0.1) is 0 Å². The predicted molar refractivity (Wildman–Crippen MR) is 456 cm³/mol. The summed E-state index contributed by atoms with van der Waals surface area (Å²) in [6.07, 6.45) is 24.2. The highest BCUT2D eigenvalue weighted by Gasteiger charge is 2.23. The van der Waals surface area contributed by atoms with Gasteiger partial charge in [-0.05, 0) is 284 Å². The Balaban J connectivity index is 0.000000410. The van der Waals surface area contributed by atoms with Crippen molar-refractivity contribution < 1.29 is 61.3 Å². The third-order valence-electron chi connectivity index (χ3n) is 21.6. The Morgan fingerprint density at radius 2 is 0.431 bits per heavy atom. The van der Waals surface area contributed by atoms with E-state index >= 15 is 0 Å². The standard InChI is InChI=1S/C15H16O2.4C10H20.4C7H8O2.2C7H8O/c1-10-3-5-14(16)12(7-10)9-13-8-11(2)4-6-15(13)17;4*1-8(2)10-6-4-9(3)5-7-10;2*1-5-2-3-6(8)4-7(5)9;2*1-5-2-3-6(8)7(9)4-5;2*1-6-2-4-7(8)5-3-6/h3-8,16-17H,9H2,1-2H3;4*8-10H,4-7H2,1-3H3;4*2-4,8-9H,1H3;2*2-5,8H,1H3. The van der Waals surface area contributed by atoms with Crippen LogP contribution in [-0.2, 0) is 6.42 Å². The third-order valence-corrected chi connectivity index (χ3v) is 21.6. The molecule has 0 bridgehead atoms. The number of phenols is 12. The van der Waals surface area contributed by atoms with Crippen molar-refractivity contribution in [3.05, 3.63) is 213 Å². The molecule has 4 fully saturated rings. The number of phenolic OH excluding ortho intramolecular Hbond substituents is 12. The quantitative estimate of drug-likeness (QED) is 0.0696. The molecule has 4 saturated carbocycles. The lowest BCUT2D eigenvalue weighted by Gasteiger charge is -2.28. The summed E-state index contributed by atoms with van der Waals surface area (Å²) < 4.78 is 0. The van der Waals surface area contributed by atoms with Crippen LogP contribution in [0, 0.1) is 126 Å². The van der Waals surface area contributed by atoms with Crippen molar-refractivity contribution in [2.24, 2.45) is 71.0 Å². The van der Waals surface area contributed by atoms with Gasteiger partial charge in [0.25, 0.3) is 0 Å². The SMILES string of the molecule is CC1CCC(C(C)C)CC1.CC1CCC(C(C)C)CC1.CC1CCC(C(C)C)CC1.CC1CCC(C(C)C)CC1.Cc1ccc(O)c(Cc2cc(C)ccc2O)c1.Cc1ccc(O)c(O)c1.Cc1ccc(O)c(O)c1.Cc1ccc(O)cc1.Cc1ccc(O)cc1.Cc1ccc(O)cc1O.Cc1ccc(O)cc1O. The highest BCUT2D eigenvalue weighted by molar-refractivity contribution is 5.45. The molecule has 4 aliphatic rings. The van der Waals surface area contributed by atoms with Gasteiger partial charge in [-0.1, -0.05) is 230 Å². The molecule has 0 saturated heterocycles.